The summed E-state index contributed by atoms with van der Waals surface area (Å²) in [4.78, 5) is 4.16. The molecule has 0 amide bonds. The van der Waals surface area contributed by atoms with E-state index in [4.69, 9.17) is 4.42 Å². The number of fused-ring (bicyclic) bond motifs is 2. The van der Waals surface area contributed by atoms with Gasteiger partial charge < -0.3 is 9.73 Å². The summed E-state index contributed by atoms with van der Waals surface area (Å²) in [6.07, 6.45) is 0. The second-order valence-corrected chi connectivity index (χ2v) is 4.19. The van der Waals surface area contributed by atoms with Gasteiger partial charge in [0.15, 0.2) is 0 Å². The van der Waals surface area contributed by atoms with Crippen LogP contribution in [0.15, 0.2) is 51.9 Å². The molecule has 1 aliphatic heterocycles. The van der Waals surface area contributed by atoms with Gasteiger partial charge in [0, 0.05) is 42.9 Å². The van der Waals surface area contributed by atoms with Gasteiger partial charge in [-0.2, -0.15) is 0 Å². The molecule has 0 bridgehead atoms. The minimum atomic E-state index is 0.860. The van der Waals surface area contributed by atoms with E-state index < -0.39 is 0 Å². The van der Waals surface area contributed by atoms with E-state index in [9.17, 15) is 0 Å². The Bertz CT molecular complexity index is 743. The Morgan fingerprint density at radius 3 is 2.72 bits per heavy atom. The lowest BCUT2D eigenvalue weighted by molar-refractivity contribution is 0.618. The van der Waals surface area contributed by atoms with E-state index in [0.29, 0.717) is 0 Å². The van der Waals surface area contributed by atoms with Crippen molar-refractivity contribution in [1.29, 1.82) is 0 Å². The smallest absolute Gasteiger partial charge is 0.136 e. The van der Waals surface area contributed by atoms with Crippen molar-refractivity contribution in [1.82, 2.24) is 0 Å². The van der Waals surface area contributed by atoms with Crippen LogP contribution in [0, 0.1) is 0 Å². The molecule has 90 valence electrons. The van der Waals surface area contributed by atoms with E-state index in [-0.39, 0.29) is 0 Å². The first-order valence-electron chi connectivity index (χ1n) is 5.88. The van der Waals surface area contributed by atoms with Gasteiger partial charge in [-0.1, -0.05) is 0 Å². The fourth-order valence-electron chi connectivity index (χ4n) is 2.05. The second-order valence-electron chi connectivity index (χ2n) is 4.19. The summed E-state index contributed by atoms with van der Waals surface area (Å²) in [5.74, 6) is 0.860. The number of benzene rings is 2. The number of hydrogen-bond acceptors (Lipinski definition) is 3. The van der Waals surface area contributed by atoms with Gasteiger partial charge in [-0.3, -0.25) is 4.99 Å². The maximum absolute atomic E-state index is 5.93. The maximum Gasteiger partial charge on any atom is 0.136 e. The molecule has 18 heavy (non-hydrogen) atoms. The Kier molecular flexibility index (Phi) is 2.52. The molecule has 1 aromatic carbocycles. The second kappa shape index (κ2) is 4.18. The van der Waals surface area contributed by atoms with Crippen LogP contribution in [0.25, 0.3) is 22.3 Å². The van der Waals surface area contributed by atoms with Crippen molar-refractivity contribution in [3.8, 4) is 11.3 Å². The average molecular weight is 238 g/mol. The number of rotatable bonds is 1. The summed E-state index contributed by atoms with van der Waals surface area (Å²) < 4.78 is 5.93. The molecule has 3 rings (SSSR count). The zero-order valence-corrected chi connectivity index (χ0v) is 10.4. The third-order valence-electron chi connectivity index (χ3n) is 3.09. The number of hydrogen-bond donors (Lipinski definition) is 1. The van der Waals surface area contributed by atoms with Gasteiger partial charge in [-0.25, -0.2) is 0 Å². The molecule has 0 saturated carbocycles. The molecule has 0 saturated heterocycles. The Morgan fingerprint density at radius 2 is 1.94 bits per heavy atom. The van der Waals surface area contributed by atoms with Gasteiger partial charge in [-0.15, -0.1) is 0 Å². The van der Waals surface area contributed by atoms with Crippen LogP contribution < -0.4 is 10.7 Å². The summed E-state index contributed by atoms with van der Waals surface area (Å²) in [5, 5.41) is 5.14. The average Bonchev–Trinajstić information content (AvgIpc) is 2.43. The first kappa shape index (κ1) is 10.8. The first-order chi connectivity index (χ1) is 8.80. The predicted octanol–water partition coefficient (Wildman–Crippen LogP) is 3.11. The molecule has 2 aliphatic rings. The van der Waals surface area contributed by atoms with Crippen LogP contribution in [-0.2, 0) is 0 Å². The summed E-state index contributed by atoms with van der Waals surface area (Å²) in [6.45, 7) is 0. The summed E-state index contributed by atoms with van der Waals surface area (Å²) in [7, 11) is 3.68. The van der Waals surface area contributed by atoms with Crippen molar-refractivity contribution in [3.63, 3.8) is 0 Å². The van der Waals surface area contributed by atoms with Gasteiger partial charge in [-0.05, 0) is 30.3 Å². The molecule has 1 heterocycles. The molecular weight excluding hydrogens is 224 g/mol. The van der Waals surface area contributed by atoms with Crippen LogP contribution in [0.5, 0.6) is 0 Å². The van der Waals surface area contributed by atoms with Crippen LogP contribution in [0.3, 0.4) is 0 Å². The fourth-order valence-corrected chi connectivity index (χ4v) is 2.05. The Balaban J connectivity index is 2.34. The SMILES string of the molecule is C/N=c1\ccc2cc3ccc(NC)cc3oc-2c1. The van der Waals surface area contributed by atoms with Gasteiger partial charge >= 0.3 is 0 Å². The molecule has 1 aromatic rings. The molecule has 0 unspecified atom stereocenters. The zero-order valence-electron chi connectivity index (χ0n) is 10.4. The molecule has 3 heteroatoms. The summed E-state index contributed by atoms with van der Waals surface area (Å²) in [5.41, 5.74) is 3.01. The fraction of sp³-hybridized carbons (Fsp3) is 0.133. The first-order valence-corrected chi connectivity index (χ1v) is 5.88. The lowest BCUT2D eigenvalue weighted by Gasteiger charge is -2.08. The highest BCUT2D eigenvalue weighted by Crippen LogP contribution is 2.28. The third-order valence-corrected chi connectivity index (χ3v) is 3.09. The van der Waals surface area contributed by atoms with Crippen molar-refractivity contribution in [2.75, 3.05) is 19.4 Å². The maximum atomic E-state index is 5.93. The highest BCUT2D eigenvalue weighted by Gasteiger charge is 2.06. The quantitative estimate of drug-likeness (QED) is 0.661. The topological polar surface area (TPSA) is 37.5 Å². The van der Waals surface area contributed by atoms with Crippen molar-refractivity contribution in [2.45, 2.75) is 0 Å². The lowest BCUT2D eigenvalue weighted by atomic mass is 10.1. The molecule has 1 N–H and O–H groups in total. The Labute approximate surface area is 105 Å². The van der Waals surface area contributed by atoms with Crippen molar-refractivity contribution < 1.29 is 4.42 Å². The minimum Gasteiger partial charge on any atom is -0.456 e. The molecular formula is C15H14N2O. The molecule has 0 atom stereocenters. The minimum absolute atomic E-state index is 0.860. The molecule has 3 nitrogen and oxygen atoms in total. The van der Waals surface area contributed by atoms with E-state index in [1.807, 2.05) is 37.4 Å². The molecule has 0 aromatic heterocycles. The molecule has 0 spiro atoms. The van der Waals surface area contributed by atoms with Gasteiger partial charge in [0.2, 0.25) is 0 Å². The zero-order chi connectivity index (χ0) is 12.5. The van der Waals surface area contributed by atoms with E-state index in [1.165, 1.54) is 0 Å². The highest BCUT2D eigenvalue weighted by molar-refractivity contribution is 5.85. The predicted molar refractivity (Wildman–Crippen MR) is 73.9 cm³/mol. The highest BCUT2D eigenvalue weighted by atomic mass is 16.3. The molecule has 0 fully saturated rings. The monoisotopic (exact) mass is 238 g/mol. The van der Waals surface area contributed by atoms with E-state index in [1.54, 1.807) is 7.05 Å². The van der Waals surface area contributed by atoms with Crippen LogP contribution in [-0.4, -0.2) is 14.1 Å². The van der Waals surface area contributed by atoms with Crippen molar-refractivity contribution in [3.05, 3.63) is 47.8 Å². The summed E-state index contributed by atoms with van der Waals surface area (Å²) >= 11 is 0. The van der Waals surface area contributed by atoms with Crippen LogP contribution >= 0.6 is 0 Å². The molecule has 1 aliphatic carbocycles. The molecule has 0 radical (unpaired) electrons. The largest absolute Gasteiger partial charge is 0.456 e. The van der Waals surface area contributed by atoms with E-state index in [0.717, 1.165) is 33.3 Å². The van der Waals surface area contributed by atoms with Gasteiger partial charge in [0.05, 0.1) is 5.36 Å². The van der Waals surface area contributed by atoms with Crippen LogP contribution in [0.2, 0.25) is 0 Å². The van der Waals surface area contributed by atoms with Crippen molar-refractivity contribution in [2.24, 2.45) is 4.99 Å². The number of nitrogens with zero attached hydrogens (tertiary/aromatic N) is 1. The standard InChI is InChI=1S/C15H14N2O/c1-16-12-5-3-10-7-11-4-6-13(17-2)9-15(11)18-14(10)8-12/h3-9,16H,1-2H3/b17-13+. The van der Waals surface area contributed by atoms with Crippen LogP contribution in [0.1, 0.15) is 0 Å². The normalized spacial score (nSPS) is 12.2. The Hall–Kier alpha value is -2.29. The van der Waals surface area contributed by atoms with E-state index >= 15 is 0 Å². The number of nitrogens with one attached hydrogen (secondary N) is 1. The lowest BCUT2D eigenvalue weighted by Crippen LogP contribution is -2.00. The van der Waals surface area contributed by atoms with Crippen LogP contribution in [0.4, 0.5) is 5.69 Å². The third kappa shape index (κ3) is 1.74. The van der Waals surface area contributed by atoms with E-state index in [2.05, 4.69) is 22.4 Å². The summed E-state index contributed by atoms with van der Waals surface area (Å²) in [6, 6.07) is 14.2. The van der Waals surface area contributed by atoms with Gasteiger partial charge in [0.1, 0.15) is 11.3 Å². The Morgan fingerprint density at radius 1 is 1.06 bits per heavy atom. The van der Waals surface area contributed by atoms with Gasteiger partial charge in [0.25, 0.3) is 0 Å². The number of anilines is 1. The van der Waals surface area contributed by atoms with Crippen molar-refractivity contribution >= 4 is 16.7 Å².